The third-order valence-corrected chi connectivity index (χ3v) is 1.88. The summed E-state index contributed by atoms with van der Waals surface area (Å²) < 4.78 is 12.8. The molecule has 1 aromatic carbocycles. The summed E-state index contributed by atoms with van der Waals surface area (Å²) in [5.41, 5.74) is 10.8. The number of anilines is 2. The number of halogens is 3. The third kappa shape index (κ3) is 1.34. The van der Waals surface area contributed by atoms with E-state index >= 15 is 0 Å². The summed E-state index contributed by atoms with van der Waals surface area (Å²) in [5.74, 6) is -0.736. The van der Waals surface area contributed by atoms with Crippen molar-refractivity contribution < 1.29 is 4.39 Å². The second-order valence-corrected chi connectivity index (χ2v) is 2.77. The molecule has 0 bridgehead atoms. The Morgan fingerprint density at radius 3 is 2.36 bits per heavy atom. The van der Waals surface area contributed by atoms with Gasteiger partial charge < -0.3 is 11.5 Å². The number of benzene rings is 1. The van der Waals surface area contributed by atoms with Gasteiger partial charge in [-0.1, -0.05) is 23.2 Å². The molecule has 0 radical (unpaired) electrons. The lowest BCUT2D eigenvalue weighted by Crippen LogP contribution is -1.97. The summed E-state index contributed by atoms with van der Waals surface area (Å²) in [6.45, 7) is 0. The van der Waals surface area contributed by atoms with Crippen molar-refractivity contribution in [2.24, 2.45) is 0 Å². The largest absolute Gasteiger partial charge is 0.397 e. The Hall–Kier alpha value is -0.670. The van der Waals surface area contributed by atoms with Gasteiger partial charge in [-0.2, -0.15) is 0 Å². The van der Waals surface area contributed by atoms with Gasteiger partial charge in [0.2, 0.25) is 0 Å². The van der Waals surface area contributed by atoms with Crippen LogP contribution in [0.5, 0.6) is 0 Å². The predicted molar refractivity (Wildman–Crippen MR) is 45.2 cm³/mol. The van der Waals surface area contributed by atoms with Crippen molar-refractivity contribution in [3.63, 3.8) is 0 Å². The van der Waals surface area contributed by atoms with Crippen molar-refractivity contribution in [3.05, 3.63) is 21.9 Å². The summed E-state index contributed by atoms with van der Waals surface area (Å²) in [6.07, 6.45) is 0. The average molecular weight is 195 g/mol. The number of nitrogens with two attached hydrogens (primary N) is 2. The minimum Gasteiger partial charge on any atom is -0.397 e. The zero-order chi connectivity index (χ0) is 8.59. The van der Waals surface area contributed by atoms with Gasteiger partial charge in [-0.25, -0.2) is 4.39 Å². The van der Waals surface area contributed by atoms with E-state index < -0.39 is 5.82 Å². The van der Waals surface area contributed by atoms with Crippen molar-refractivity contribution in [1.82, 2.24) is 0 Å². The lowest BCUT2D eigenvalue weighted by Gasteiger charge is -2.04. The van der Waals surface area contributed by atoms with Gasteiger partial charge in [0.15, 0.2) is 5.82 Å². The highest BCUT2D eigenvalue weighted by atomic mass is 35.5. The Morgan fingerprint density at radius 2 is 1.82 bits per heavy atom. The van der Waals surface area contributed by atoms with Gasteiger partial charge in [0.1, 0.15) is 5.02 Å². The Kier molecular flexibility index (Phi) is 2.11. The Bertz CT molecular complexity index is 275. The maximum absolute atomic E-state index is 12.8. The first-order valence-electron chi connectivity index (χ1n) is 2.72. The molecule has 1 aromatic rings. The van der Waals surface area contributed by atoms with E-state index in [1.807, 2.05) is 0 Å². The van der Waals surface area contributed by atoms with Crippen LogP contribution in [0.15, 0.2) is 6.07 Å². The molecule has 0 amide bonds. The van der Waals surface area contributed by atoms with Crippen LogP contribution in [0.4, 0.5) is 15.8 Å². The van der Waals surface area contributed by atoms with Gasteiger partial charge in [-0.3, -0.25) is 0 Å². The Morgan fingerprint density at radius 1 is 1.27 bits per heavy atom. The number of nitrogen functional groups attached to an aromatic ring is 2. The van der Waals surface area contributed by atoms with E-state index in [0.29, 0.717) is 0 Å². The molecule has 60 valence electrons. The standard InChI is InChI=1S/C6H5Cl2FN2/c7-2-1-3(10)6(11)4(8)5(2)9/h1H,10-11H2. The van der Waals surface area contributed by atoms with Crippen LogP contribution in [0.25, 0.3) is 0 Å². The molecule has 0 aliphatic heterocycles. The molecular formula is C6H5Cl2FN2. The van der Waals surface area contributed by atoms with Crippen LogP contribution in [-0.4, -0.2) is 0 Å². The maximum atomic E-state index is 12.8. The first kappa shape index (κ1) is 8.43. The summed E-state index contributed by atoms with van der Waals surface area (Å²) >= 11 is 10.8. The number of rotatable bonds is 0. The second kappa shape index (κ2) is 2.75. The van der Waals surface area contributed by atoms with Crippen LogP contribution < -0.4 is 11.5 Å². The highest BCUT2D eigenvalue weighted by Gasteiger charge is 2.10. The Labute approximate surface area is 72.9 Å². The van der Waals surface area contributed by atoms with E-state index in [1.54, 1.807) is 0 Å². The predicted octanol–water partition coefficient (Wildman–Crippen LogP) is 2.30. The molecule has 5 heteroatoms. The monoisotopic (exact) mass is 194 g/mol. The molecule has 1 rings (SSSR count). The SMILES string of the molecule is Nc1cc(Cl)c(F)c(Cl)c1N. The molecule has 0 aromatic heterocycles. The minimum absolute atomic E-state index is 0.0218. The topological polar surface area (TPSA) is 52.0 Å². The molecule has 0 saturated carbocycles. The fourth-order valence-corrected chi connectivity index (χ4v) is 1.10. The fraction of sp³-hybridized carbons (Fsp3) is 0. The molecule has 0 aliphatic rings. The highest BCUT2D eigenvalue weighted by Crippen LogP contribution is 2.32. The quantitative estimate of drug-likeness (QED) is 0.492. The average Bonchev–Trinajstić information content (AvgIpc) is 1.97. The normalized spacial score (nSPS) is 10.1. The van der Waals surface area contributed by atoms with E-state index in [1.165, 1.54) is 6.07 Å². The van der Waals surface area contributed by atoms with Crippen molar-refractivity contribution >= 4 is 34.6 Å². The summed E-state index contributed by atoms with van der Waals surface area (Å²) in [7, 11) is 0. The molecule has 2 nitrogen and oxygen atoms in total. The second-order valence-electron chi connectivity index (χ2n) is 1.99. The van der Waals surface area contributed by atoms with E-state index in [-0.39, 0.29) is 21.4 Å². The molecule has 0 aliphatic carbocycles. The zero-order valence-electron chi connectivity index (χ0n) is 5.37. The highest BCUT2D eigenvalue weighted by molar-refractivity contribution is 6.37. The minimum atomic E-state index is -0.736. The lowest BCUT2D eigenvalue weighted by atomic mass is 10.2. The van der Waals surface area contributed by atoms with Crippen LogP contribution in [0.1, 0.15) is 0 Å². The van der Waals surface area contributed by atoms with Crippen molar-refractivity contribution in [3.8, 4) is 0 Å². The maximum Gasteiger partial charge on any atom is 0.162 e. The van der Waals surface area contributed by atoms with Crippen LogP contribution >= 0.6 is 23.2 Å². The molecule has 0 heterocycles. The van der Waals surface area contributed by atoms with E-state index in [4.69, 9.17) is 34.7 Å². The molecular weight excluding hydrogens is 190 g/mol. The van der Waals surface area contributed by atoms with Crippen molar-refractivity contribution in [2.75, 3.05) is 11.5 Å². The van der Waals surface area contributed by atoms with Gasteiger partial charge in [-0.05, 0) is 6.07 Å². The Balaban J connectivity index is 3.46. The van der Waals surface area contributed by atoms with Crippen molar-refractivity contribution in [2.45, 2.75) is 0 Å². The van der Waals surface area contributed by atoms with E-state index in [0.717, 1.165) is 0 Å². The third-order valence-electron chi connectivity index (χ3n) is 1.23. The molecule has 0 unspecified atom stereocenters. The number of hydrogen-bond donors (Lipinski definition) is 2. The van der Waals surface area contributed by atoms with Gasteiger partial charge in [0.05, 0.1) is 16.4 Å². The fourth-order valence-electron chi connectivity index (χ4n) is 0.627. The van der Waals surface area contributed by atoms with Crippen LogP contribution in [-0.2, 0) is 0 Å². The van der Waals surface area contributed by atoms with E-state index in [2.05, 4.69) is 0 Å². The lowest BCUT2D eigenvalue weighted by molar-refractivity contribution is 0.629. The summed E-state index contributed by atoms with van der Waals surface area (Å²) in [6, 6.07) is 1.22. The van der Waals surface area contributed by atoms with Crippen LogP contribution in [0, 0.1) is 5.82 Å². The van der Waals surface area contributed by atoms with Crippen molar-refractivity contribution in [1.29, 1.82) is 0 Å². The summed E-state index contributed by atoms with van der Waals surface area (Å²) in [5, 5.41) is -0.350. The van der Waals surface area contributed by atoms with Gasteiger partial charge in [-0.15, -0.1) is 0 Å². The first-order chi connectivity index (χ1) is 5.04. The van der Waals surface area contributed by atoms with Crippen LogP contribution in [0.2, 0.25) is 10.0 Å². The number of hydrogen-bond acceptors (Lipinski definition) is 2. The smallest absolute Gasteiger partial charge is 0.162 e. The molecule has 0 spiro atoms. The molecule has 11 heavy (non-hydrogen) atoms. The molecule has 0 saturated heterocycles. The zero-order valence-corrected chi connectivity index (χ0v) is 6.88. The van der Waals surface area contributed by atoms with Gasteiger partial charge >= 0.3 is 0 Å². The first-order valence-corrected chi connectivity index (χ1v) is 3.48. The molecule has 4 N–H and O–H groups in total. The molecule has 0 atom stereocenters. The summed E-state index contributed by atoms with van der Waals surface area (Å²) in [4.78, 5) is 0. The van der Waals surface area contributed by atoms with Crippen LogP contribution in [0.3, 0.4) is 0 Å². The van der Waals surface area contributed by atoms with Gasteiger partial charge in [0, 0.05) is 0 Å². The molecule has 0 fully saturated rings. The van der Waals surface area contributed by atoms with E-state index in [9.17, 15) is 4.39 Å². The van der Waals surface area contributed by atoms with Gasteiger partial charge in [0.25, 0.3) is 0 Å².